The van der Waals surface area contributed by atoms with Crippen LogP contribution in [0.3, 0.4) is 0 Å². The molecule has 0 bridgehead atoms. The molecule has 0 amide bonds. The third-order valence-corrected chi connectivity index (χ3v) is 5.74. The van der Waals surface area contributed by atoms with Crippen LogP contribution in [0.2, 0.25) is 0 Å². The van der Waals surface area contributed by atoms with E-state index in [-0.39, 0.29) is 18.2 Å². The summed E-state index contributed by atoms with van der Waals surface area (Å²) in [4.78, 5) is 0. The van der Waals surface area contributed by atoms with Crippen LogP contribution in [0.15, 0.2) is 0 Å². The van der Waals surface area contributed by atoms with E-state index in [1.54, 1.807) is 7.17 Å². The summed E-state index contributed by atoms with van der Waals surface area (Å²) < 4.78 is 14.6. The molecular formula is C13H28B2N2O2P. The second-order valence-corrected chi connectivity index (χ2v) is 7.42. The molecule has 113 valence electrons. The van der Waals surface area contributed by atoms with Crippen LogP contribution in [0.4, 0.5) is 0 Å². The first-order valence-electron chi connectivity index (χ1n) is 7.57. The molecule has 4 atom stereocenters. The van der Waals surface area contributed by atoms with E-state index in [0.29, 0.717) is 12.1 Å². The van der Waals surface area contributed by atoms with Crippen LogP contribution in [0, 0.1) is 0 Å². The number of hydrogen-bond donors (Lipinski definition) is 1. The number of nitrogens with zero attached hydrogens (tertiary/aromatic N) is 1. The Morgan fingerprint density at radius 2 is 2.00 bits per heavy atom. The number of ether oxygens (including phenoxy) is 1. The third-order valence-electron chi connectivity index (χ3n) is 3.54. The number of rotatable bonds is 8. The lowest BCUT2D eigenvalue weighted by molar-refractivity contribution is 0.0392. The first-order valence-corrected chi connectivity index (χ1v) is 8.78. The summed E-state index contributed by atoms with van der Waals surface area (Å²) in [6.45, 7) is 10.9. The highest BCUT2D eigenvalue weighted by molar-refractivity contribution is 7.47. The molecule has 0 aromatic carbocycles. The van der Waals surface area contributed by atoms with Crippen molar-refractivity contribution in [1.29, 1.82) is 0 Å². The zero-order valence-electron chi connectivity index (χ0n) is 13.7. The van der Waals surface area contributed by atoms with E-state index in [0.717, 1.165) is 12.8 Å². The summed E-state index contributed by atoms with van der Waals surface area (Å²) in [5, 5.41) is 3.34. The number of nitrogens with one attached hydrogen (secondary N) is 1. The summed E-state index contributed by atoms with van der Waals surface area (Å²) in [5.74, 6) is 0. The minimum absolute atomic E-state index is 0.0187. The molecule has 1 N–H and O–H groups in total. The van der Waals surface area contributed by atoms with Gasteiger partial charge in [-0.05, 0) is 47.6 Å². The molecule has 1 aliphatic rings. The fourth-order valence-corrected chi connectivity index (χ4v) is 4.47. The average Bonchev–Trinajstić information content (AvgIpc) is 2.79. The second-order valence-electron chi connectivity index (χ2n) is 5.76. The lowest BCUT2D eigenvalue weighted by Gasteiger charge is -2.38. The van der Waals surface area contributed by atoms with Gasteiger partial charge in [-0.2, -0.15) is 0 Å². The molecule has 4 nitrogen and oxygen atoms in total. The van der Waals surface area contributed by atoms with Gasteiger partial charge in [-0.25, -0.2) is 4.67 Å². The second kappa shape index (κ2) is 8.75. The van der Waals surface area contributed by atoms with E-state index in [4.69, 9.17) is 17.0 Å². The van der Waals surface area contributed by atoms with Crippen molar-refractivity contribution in [1.82, 2.24) is 9.76 Å². The van der Waals surface area contributed by atoms with Gasteiger partial charge in [0, 0.05) is 25.8 Å². The Hall–Kier alpha value is 0.400. The fourth-order valence-electron chi connectivity index (χ4n) is 2.71. The average molecular weight is 297 g/mol. The quantitative estimate of drug-likeness (QED) is 0.550. The van der Waals surface area contributed by atoms with E-state index >= 15 is 0 Å². The Kier molecular flexibility index (Phi) is 8.07. The summed E-state index contributed by atoms with van der Waals surface area (Å²) >= 11 is 0. The van der Waals surface area contributed by atoms with Crippen molar-refractivity contribution in [3.05, 3.63) is 0 Å². The summed E-state index contributed by atoms with van der Waals surface area (Å²) in [6, 6.07) is 0.894. The predicted octanol–water partition coefficient (Wildman–Crippen LogP) is 2.25. The van der Waals surface area contributed by atoms with Crippen molar-refractivity contribution in [2.45, 2.75) is 77.8 Å². The molecule has 1 aliphatic heterocycles. The lowest BCUT2D eigenvalue weighted by Crippen LogP contribution is -2.38. The molecule has 1 saturated heterocycles. The highest BCUT2D eigenvalue weighted by atomic mass is 31.2. The maximum Gasteiger partial charge on any atom is 0.185 e. The standard InChI is InChI=1S/C13H28B2N2O2P/c1-7-11-12(8-13(15-14)18-11)19-20(16-6)17(9(2)3)10(4)5/h9-13,16H,7-8H2,1-6H3/t11-,12-,13-,20?/m1/s1. The minimum Gasteiger partial charge on any atom is -0.382 e. The maximum atomic E-state index is 6.36. The molecule has 0 saturated carbocycles. The summed E-state index contributed by atoms with van der Waals surface area (Å²) in [5.41, 5.74) is 0. The Balaban J connectivity index is 2.71. The van der Waals surface area contributed by atoms with Gasteiger partial charge in [-0.15, -0.1) is 0 Å². The van der Waals surface area contributed by atoms with Crippen LogP contribution in [0.25, 0.3) is 0 Å². The van der Waals surface area contributed by atoms with Gasteiger partial charge in [0.2, 0.25) is 0 Å². The minimum atomic E-state index is -0.820. The smallest absolute Gasteiger partial charge is 0.185 e. The van der Waals surface area contributed by atoms with Crippen molar-refractivity contribution in [2.24, 2.45) is 0 Å². The summed E-state index contributed by atoms with van der Waals surface area (Å²) in [7, 11) is 8.39. The molecule has 0 aromatic heterocycles. The van der Waals surface area contributed by atoms with E-state index in [1.165, 1.54) is 0 Å². The van der Waals surface area contributed by atoms with Crippen LogP contribution >= 0.6 is 8.45 Å². The molecule has 1 heterocycles. The van der Waals surface area contributed by atoms with Gasteiger partial charge in [0.1, 0.15) is 0 Å². The Bertz CT molecular complexity index is 277. The molecule has 0 aliphatic carbocycles. The Labute approximate surface area is 127 Å². The monoisotopic (exact) mass is 297 g/mol. The van der Waals surface area contributed by atoms with Crippen LogP contribution in [0.5, 0.6) is 0 Å². The first kappa shape index (κ1) is 18.4. The van der Waals surface area contributed by atoms with Crippen LogP contribution in [-0.4, -0.2) is 56.9 Å². The van der Waals surface area contributed by atoms with Crippen LogP contribution in [0.1, 0.15) is 47.5 Å². The van der Waals surface area contributed by atoms with E-state index in [2.05, 4.69) is 44.4 Å². The zero-order chi connectivity index (χ0) is 15.3. The normalized spacial score (nSPS) is 28.6. The predicted molar refractivity (Wildman–Crippen MR) is 88.0 cm³/mol. The number of hydrogen-bond acceptors (Lipinski definition) is 4. The van der Waals surface area contributed by atoms with Gasteiger partial charge >= 0.3 is 0 Å². The fraction of sp³-hybridized carbons (Fsp3) is 1.00. The van der Waals surface area contributed by atoms with Gasteiger partial charge in [0.05, 0.1) is 19.4 Å². The van der Waals surface area contributed by atoms with Crippen molar-refractivity contribution in [3.8, 4) is 0 Å². The molecule has 1 unspecified atom stereocenters. The van der Waals surface area contributed by atoms with Crippen molar-refractivity contribution in [2.75, 3.05) is 7.05 Å². The van der Waals surface area contributed by atoms with Crippen molar-refractivity contribution in [3.63, 3.8) is 0 Å². The van der Waals surface area contributed by atoms with Gasteiger partial charge in [0.25, 0.3) is 0 Å². The van der Waals surface area contributed by atoms with Gasteiger partial charge in [0.15, 0.2) is 8.45 Å². The van der Waals surface area contributed by atoms with Gasteiger partial charge in [-0.1, -0.05) is 6.92 Å². The van der Waals surface area contributed by atoms with Gasteiger partial charge < -0.3 is 9.26 Å². The SMILES string of the molecule is [B][B][C@H]1C[C@@H](OP(NC)N(C(C)C)C(C)C)[C@@H](CC)O1. The molecule has 1 fully saturated rings. The zero-order valence-corrected chi connectivity index (χ0v) is 14.6. The van der Waals surface area contributed by atoms with E-state index < -0.39 is 8.45 Å². The van der Waals surface area contributed by atoms with Gasteiger partial charge in [-0.3, -0.25) is 5.09 Å². The molecule has 1 rings (SSSR count). The molecule has 3 radical (unpaired) electrons. The molecule has 20 heavy (non-hydrogen) atoms. The largest absolute Gasteiger partial charge is 0.382 e. The molecule has 0 aromatic rings. The Morgan fingerprint density at radius 3 is 2.40 bits per heavy atom. The first-order chi connectivity index (χ1) is 9.44. The topological polar surface area (TPSA) is 33.7 Å². The van der Waals surface area contributed by atoms with Crippen LogP contribution in [-0.2, 0) is 9.26 Å². The molecule has 0 spiro atoms. The van der Waals surface area contributed by atoms with E-state index in [9.17, 15) is 0 Å². The van der Waals surface area contributed by atoms with Crippen LogP contribution < -0.4 is 5.09 Å². The Morgan fingerprint density at radius 1 is 1.40 bits per heavy atom. The third kappa shape index (κ3) is 4.71. The lowest BCUT2D eigenvalue weighted by atomic mass is 9.51. The molecular weight excluding hydrogens is 269 g/mol. The highest BCUT2D eigenvalue weighted by Crippen LogP contribution is 2.44. The highest BCUT2D eigenvalue weighted by Gasteiger charge is 2.37. The van der Waals surface area contributed by atoms with Crippen molar-refractivity contribution >= 4 is 23.4 Å². The molecule has 7 heteroatoms. The van der Waals surface area contributed by atoms with E-state index in [1.807, 2.05) is 7.05 Å². The van der Waals surface area contributed by atoms with Crippen molar-refractivity contribution < 1.29 is 9.26 Å². The summed E-state index contributed by atoms with van der Waals surface area (Å²) in [6.07, 6.45) is 2.05. The maximum absolute atomic E-state index is 6.36.